The van der Waals surface area contributed by atoms with Crippen LogP contribution in [-0.4, -0.2) is 10.5 Å². The molecular formula is C17H13BrN2O. The zero-order valence-electron chi connectivity index (χ0n) is 11.5. The van der Waals surface area contributed by atoms with Gasteiger partial charge in [-0.15, -0.1) is 0 Å². The van der Waals surface area contributed by atoms with Crippen molar-refractivity contribution in [3.63, 3.8) is 0 Å². The Balaban J connectivity index is 1.82. The van der Waals surface area contributed by atoms with Gasteiger partial charge < -0.3 is 9.47 Å². The molecule has 1 aliphatic heterocycles. The molecule has 0 radical (unpaired) electrons. The zero-order chi connectivity index (χ0) is 14.6. The van der Waals surface area contributed by atoms with Crippen LogP contribution in [0.1, 0.15) is 15.9 Å². The second-order valence-corrected chi connectivity index (χ2v) is 6.18. The quantitative estimate of drug-likeness (QED) is 0.654. The molecule has 0 saturated carbocycles. The number of halogens is 1. The molecule has 0 N–H and O–H groups in total. The van der Waals surface area contributed by atoms with Crippen molar-refractivity contribution >= 4 is 38.4 Å². The lowest BCUT2D eigenvalue weighted by molar-refractivity contribution is 0.0996. The Morgan fingerprint density at radius 2 is 2.00 bits per heavy atom. The van der Waals surface area contributed by atoms with Gasteiger partial charge in [-0.1, -0.05) is 28.1 Å². The molecule has 1 amide bonds. The molecule has 3 nitrogen and oxygen atoms in total. The number of hydrogen-bond acceptors (Lipinski definition) is 1. The van der Waals surface area contributed by atoms with Crippen LogP contribution in [0.3, 0.4) is 0 Å². The third kappa shape index (κ3) is 1.83. The number of hydrogen-bond donors (Lipinski definition) is 0. The molecule has 4 rings (SSSR count). The molecule has 3 aromatic rings. The van der Waals surface area contributed by atoms with E-state index in [4.69, 9.17) is 0 Å². The Morgan fingerprint density at radius 1 is 1.14 bits per heavy atom. The average Bonchev–Trinajstić information content (AvgIpc) is 3.02. The highest BCUT2D eigenvalue weighted by Gasteiger charge is 2.29. The third-order valence-corrected chi connectivity index (χ3v) is 4.84. The fraction of sp³-hybridized carbons (Fsp3) is 0.118. The molecular weight excluding hydrogens is 328 g/mol. The first-order valence-electron chi connectivity index (χ1n) is 6.79. The lowest BCUT2D eigenvalue weighted by Gasteiger charge is -2.16. The van der Waals surface area contributed by atoms with Crippen molar-refractivity contribution in [1.82, 2.24) is 4.57 Å². The molecule has 104 valence electrons. The summed E-state index contributed by atoms with van der Waals surface area (Å²) < 4.78 is 3.07. The second-order valence-electron chi connectivity index (χ2n) is 5.33. The Hall–Kier alpha value is -2.07. The maximum Gasteiger partial charge on any atom is 0.258 e. The van der Waals surface area contributed by atoms with Crippen LogP contribution < -0.4 is 4.90 Å². The number of nitrogens with zero attached hydrogens (tertiary/aromatic N) is 2. The summed E-state index contributed by atoms with van der Waals surface area (Å²) in [6.45, 7) is 0.617. The van der Waals surface area contributed by atoms with E-state index in [9.17, 15) is 4.79 Å². The van der Waals surface area contributed by atoms with E-state index in [1.54, 1.807) is 0 Å². The minimum absolute atomic E-state index is 0.0693. The van der Waals surface area contributed by atoms with Gasteiger partial charge in [-0.05, 0) is 41.3 Å². The summed E-state index contributed by atoms with van der Waals surface area (Å²) >= 11 is 3.54. The van der Waals surface area contributed by atoms with Crippen molar-refractivity contribution in [1.29, 1.82) is 0 Å². The number of carbonyl (C=O) groups is 1. The summed E-state index contributed by atoms with van der Waals surface area (Å²) in [6.07, 6.45) is 2.03. The van der Waals surface area contributed by atoms with Crippen LogP contribution in [0.5, 0.6) is 0 Å². The van der Waals surface area contributed by atoms with Crippen molar-refractivity contribution in [2.24, 2.45) is 7.05 Å². The van der Waals surface area contributed by atoms with E-state index in [0.29, 0.717) is 6.54 Å². The predicted octanol–water partition coefficient (Wildman–Crippen LogP) is 4.10. The summed E-state index contributed by atoms with van der Waals surface area (Å²) in [5, 5.41) is 1.19. The Labute approximate surface area is 130 Å². The average molecular weight is 341 g/mol. The van der Waals surface area contributed by atoms with Crippen LogP contribution in [0.4, 0.5) is 5.69 Å². The monoisotopic (exact) mass is 340 g/mol. The molecule has 4 heteroatoms. The molecule has 21 heavy (non-hydrogen) atoms. The summed E-state index contributed by atoms with van der Waals surface area (Å²) in [5.74, 6) is 0.0693. The molecule has 0 saturated heterocycles. The van der Waals surface area contributed by atoms with Gasteiger partial charge in [0.05, 0.1) is 6.54 Å². The Bertz CT molecular complexity index is 882. The van der Waals surface area contributed by atoms with E-state index < -0.39 is 0 Å². The van der Waals surface area contributed by atoms with Crippen LogP contribution in [-0.2, 0) is 13.6 Å². The van der Waals surface area contributed by atoms with E-state index in [1.165, 1.54) is 5.39 Å². The molecule has 2 heterocycles. The van der Waals surface area contributed by atoms with Gasteiger partial charge in [0.25, 0.3) is 5.91 Å². The molecule has 0 unspecified atom stereocenters. The van der Waals surface area contributed by atoms with Crippen LogP contribution in [0.15, 0.2) is 53.1 Å². The van der Waals surface area contributed by atoms with Gasteiger partial charge in [-0.2, -0.15) is 0 Å². The highest BCUT2D eigenvalue weighted by atomic mass is 79.9. The van der Waals surface area contributed by atoms with E-state index >= 15 is 0 Å². The summed E-state index contributed by atoms with van der Waals surface area (Å²) in [4.78, 5) is 14.4. The number of carbonyl (C=O) groups excluding carboxylic acids is 1. The van der Waals surface area contributed by atoms with Crippen molar-refractivity contribution in [2.75, 3.05) is 4.90 Å². The van der Waals surface area contributed by atoms with Gasteiger partial charge in [0.1, 0.15) is 0 Å². The largest absolute Gasteiger partial charge is 0.350 e. The smallest absolute Gasteiger partial charge is 0.258 e. The lowest BCUT2D eigenvalue weighted by Crippen LogP contribution is -2.22. The molecule has 0 bridgehead atoms. The number of benzene rings is 2. The third-order valence-electron chi connectivity index (χ3n) is 4.09. The molecule has 0 atom stereocenters. The van der Waals surface area contributed by atoms with E-state index in [-0.39, 0.29) is 5.91 Å². The SMILES string of the molecule is Cn1ccc2ccc(N3Cc4c(Br)cccc4C3=O)cc21. The zero-order valence-corrected chi connectivity index (χ0v) is 13.1. The van der Waals surface area contributed by atoms with E-state index in [0.717, 1.165) is 26.8 Å². The molecule has 0 spiro atoms. The maximum absolute atomic E-state index is 12.6. The Kier molecular flexibility index (Phi) is 2.69. The fourth-order valence-electron chi connectivity index (χ4n) is 2.92. The summed E-state index contributed by atoms with van der Waals surface area (Å²) in [6, 6.07) is 14.0. The van der Waals surface area contributed by atoms with Crippen LogP contribution >= 0.6 is 15.9 Å². The number of aryl methyl sites for hydroxylation is 1. The van der Waals surface area contributed by atoms with Crippen molar-refractivity contribution in [2.45, 2.75) is 6.54 Å². The van der Waals surface area contributed by atoms with Crippen LogP contribution in [0.25, 0.3) is 10.9 Å². The molecule has 1 aliphatic rings. The first-order valence-corrected chi connectivity index (χ1v) is 7.59. The summed E-state index contributed by atoms with van der Waals surface area (Å²) in [7, 11) is 2.02. The van der Waals surface area contributed by atoms with E-state index in [1.807, 2.05) is 42.4 Å². The normalized spacial score (nSPS) is 14.0. The van der Waals surface area contributed by atoms with Gasteiger partial charge in [0.15, 0.2) is 0 Å². The number of rotatable bonds is 1. The van der Waals surface area contributed by atoms with Crippen molar-refractivity contribution < 1.29 is 4.79 Å². The van der Waals surface area contributed by atoms with Gasteiger partial charge in [-0.25, -0.2) is 0 Å². The van der Waals surface area contributed by atoms with Crippen molar-refractivity contribution in [3.8, 4) is 0 Å². The molecule has 2 aromatic carbocycles. The van der Waals surface area contributed by atoms with Crippen molar-refractivity contribution in [3.05, 3.63) is 64.3 Å². The fourth-order valence-corrected chi connectivity index (χ4v) is 3.41. The van der Waals surface area contributed by atoms with Gasteiger partial charge in [0.2, 0.25) is 0 Å². The minimum atomic E-state index is 0.0693. The number of anilines is 1. The van der Waals surface area contributed by atoms with Gasteiger partial charge in [0, 0.05) is 34.5 Å². The van der Waals surface area contributed by atoms with Crippen LogP contribution in [0.2, 0.25) is 0 Å². The second kappa shape index (κ2) is 4.46. The topological polar surface area (TPSA) is 25.2 Å². The first kappa shape index (κ1) is 12.7. The maximum atomic E-state index is 12.6. The van der Waals surface area contributed by atoms with Gasteiger partial charge >= 0.3 is 0 Å². The molecule has 0 fully saturated rings. The number of fused-ring (bicyclic) bond motifs is 2. The minimum Gasteiger partial charge on any atom is -0.350 e. The highest BCUT2D eigenvalue weighted by molar-refractivity contribution is 9.10. The number of amides is 1. The molecule has 1 aromatic heterocycles. The van der Waals surface area contributed by atoms with E-state index in [2.05, 4.69) is 38.7 Å². The lowest BCUT2D eigenvalue weighted by atomic mass is 10.1. The summed E-state index contributed by atoms with van der Waals surface area (Å²) in [5.41, 5.74) is 3.93. The highest BCUT2D eigenvalue weighted by Crippen LogP contribution is 2.33. The standard InChI is InChI=1S/C17H13BrN2O/c1-19-8-7-11-5-6-12(9-16(11)19)20-10-14-13(17(20)21)3-2-4-15(14)18/h2-9H,10H2,1H3. The Morgan fingerprint density at radius 3 is 2.81 bits per heavy atom. The predicted molar refractivity (Wildman–Crippen MR) is 87.6 cm³/mol. The molecule has 0 aliphatic carbocycles. The van der Waals surface area contributed by atoms with Gasteiger partial charge in [-0.3, -0.25) is 4.79 Å². The first-order chi connectivity index (χ1) is 10.1. The number of aromatic nitrogens is 1. The van der Waals surface area contributed by atoms with Crippen LogP contribution in [0, 0.1) is 0 Å².